The monoisotopic (exact) mass is 386 g/mol. The first-order valence-electron chi connectivity index (χ1n) is 9.12. The lowest BCUT2D eigenvalue weighted by molar-refractivity contribution is -0.126. The molecule has 0 unspecified atom stereocenters. The van der Waals surface area contributed by atoms with Crippen molar-refractivity contribution in [1.82, 2.24) is 5.32 Å². The van der Waals surface area contributed by atoms with Crippen LogP contribution < -0.4 is 15.0 Å². The molecule has 5 nitrogen and oxygen atoms in total. The van der Waals surface area contributed by atoms with Crippen LogP contribution in [-0.4, -0.2) is 24.9 Å². The summed E-state index contributed by atoms with van der Waals surface area (Å²) in [6.45, 7) is 3.50. The van der Waals surface area contributed by atoms with E-state index >= 15 is 0 Å². The third-order valence-electron chi connectivity index (χ3n) is 4.51. The van der Waals surface area contributed by atoms with E-state index in [4.69, 9.17) is 16.3 Å². The van der Waals surface area contributed by atoms with Gasteiger partial charge in [-0.2, -0.15) is 0 Å². The van der Waals surface area contributed by atoms with Crippen LogP contribution in [0.3, 0.4) is 0 Å². The van der Waals surface area contributed by atoms with Crippen LogP contribution in [0.15, 0.2) is 48.5 Å². The van der Waals surface area contributed by atoms with Crippen molar-refractivity contribution < 1.29 is 14.3 Å². The summed E-state index contributed by atoms with van der Waals surface area (Å²) in [7, 11) is 0. The number of amides is 2. The van der Waals surface area contributed by atoms with Gasteiger partial charge in [-0.25, -0.2) is 0 Å². The third kappa shape index (κ3) is 5.01. The molecule has 2 amide bonds. The molecule has 0 saturated carbocycles. The van der Waals surface area contributed by atoms with Crippen LogP contribution in [-0.2, 0) is 16.2 Å². The molecular weight excluding hydrogens is 364 g/mol. The second-order valence-electron chi connectivity index (χ2n) is 6.61. The topological polar surface area (TPSA) is 58.6 Å². The molecule has 1 aliphatic rings. The van der Waals surface area contributed by atoms with Crippen molar-refractivity contribution in [2.75, 3.05) is 18.0 Å². The molecule has 6 heteroatoms. The highest BCUT2D eigenvalue weighted by Crippen LogP contribution is 2.27. The van der Waals surface area contributed by atoms with E-state index in [1.54, 1.807) is 4.90 Å². The number of carbonyl (C=O) groups is 2. The summed E-state index contributed by atoms with van der Waals surface area (Å²) in [6, 6.07) is 14.9. The average Bonchev–Trinajstić information content (AvgIpc) is 3.08. The molecule has 1 heterocycles. The van der Waals surface area contributed by atoms with Gasteiger partial charge in [-0.1, -0.05) is 30.7 Å². The van der Waals surface area contributed by atoms with Crippen molar-refractivity contribution in [3.63, 3.8) is 0 Å². The molecule has 1 fully saturated rings. The van der Waals surface area contributed by atoms with E-state index in [2.05, 4.69) is 5.32 Å². The number of anilines is 1. The number of rotatable bonds is 7. The summed E-state index contributed by atoms with van der Waals surface area (Å²) < 4.78 is 5.77. The fourth-order valence-corrected chi connectivity index (χ4v) is 3.12. The van der Waals surface area contributed by atoms with Gasteiger partial charge in [0.15, 0.2) is 0 Å². The van der Waals surface area contributed by atoms with Crippen LogP contribution in [0.2, 0.25) is 5.02 Å². The van der Waals surface area contributed by atoms with Crippen molar-refractivity contribution in [2.45, 2.75) is 26.4 Å². The molecule has 0 radical (unpaired) electrons. The molecule has 3 rings (SSSR count). The van der Waals surface area contributed by atoms with Gasteiger partial charge in [0.05, 0.1) is 5.92 Å². The van der Waals surface area contributed by atoms with Crippen molar-refractivity contribution in [1.29, 1.82) is 0 Å². The molecule has 2 aromatic carbocycles. The highest BCUT2D eigenvalue weighted by Gasteiger charge is 2.34. The quantitative estimate of drug-likeness (QED) is 0.787. The standard InChI is InChI=1S/C21H23ClN2O3/c1-2-11-23-21(26)16-12-20(25)24(13-16)18-7-9-19(10-8-18)27-14-15-3-5-17(22)6-4-15/h3-10,16H,2,11-14H2,1H3,(H,23,26)/t16-/m1/s1. The van der Waals surface area contributed by atoms with Gasteiger partial charge in [0.1, 0.15) is 12.4 Å². The minimum atomic E-state index is -0.287. The van der Waals surface area contributed by atoms with Crippen LogP contribution >= 0.6 is 11.6 Å². The summed E-state index contributed by atoms with van der Waals surface area (Å²) in [5, 5.41) is 3.56. The highest BCUT2D eigenvalue weighted by molar-refractivity contribution is 6.30. The Kier molecular flexibility index (Phi) is 6.35. The molecular formula is C21H23ClN2O3. The zero-order chi connectivity index (χ0) is 19.2. The highest BCUT2D eigenvalue weighted by atomic mass is 35.5. The molecule has 0 bridgehead atoms. The zero-order valence-electron chi connectivity index (χ0n) is 15.3. The molecule has 142 valence electrons. The minimum absolute atomic E-state index is 0.0264. The van der Waals surface area contributed by atoms with Gasteiger partial charge in [0.25, 0.3) is 0 Å². The van der Waals surface area contributed by atoms with Crippen molar-refractivity contribution in [3.8, 4) is 5.75 Å². The Morgan fingerprint density at radius 1 is 1.19 bits per heavy atom. The molecule has 27 heavy (non-hydrogen) atoms. The van der Waals surface area contributed by atoms with Gasteiger partial charge in [-0.3, -0.25) is 9.59 Å². The molecule has 0 aromatic heterocycles. The fraction of sp³-hybridized carbons (Fsp3) is 0.333. The van der Waals surface area contributed by atoms with Crippen molar-refractivity contribution >= 4 is 29.1 Å². The van der Waals surface area contributed by atoms with Crippen LogP contribution in [0.25, 0.3) is 0 Å². The SMILES string of the molecule is CCCNC(=O)[C@@H]1CC(=O)N(c2ccc(OCc3ccc(Cl)cc3)cc2)C1. The smallest absolute Gasteiger partial charge is 0.227 e. The van der Waals surface area contributed by atoms with Crippen molar-refractivity contribution in [2.24, 2.45) is 5.92 Å². The molecule has 0 spiro atoms. The first-order chi connectivity index (χ1) is 13.1. The van der Waals surface area contributed by atoms with E-state index in [1.165, 1.54) is 0 Å². The first-order valence-corrected chi connectivity index (χ1v) is 9.50. The molecule has 2 aromatic rings. The number of ether oxygens (including phenoxy) is 1. The predicted molar refractivity (Wildman–Crippen MR) is 106 cm³/mol. The lowest BCUT2D eigenvalue weighted by atomic mass is 10.1. The zero-order valence-corrected chi connectivity index (χ0v) is 16.0. The first kappa shape index (κ1) is 19.2. The maximum absolute atomic E-state index is 12.3. The van der Waals surface area contributed by atoms with Crippen LogP contribution in [0, 0.1) is 5.92 Å². The van der Waals surface area contributed by atoms with Crippen LogP contribution in [0.5, 0.6) is 5.75 Å². The van der Waals surface area contributed by atoms with E-state index < -0.39 is 0 Å². The van der Waals surface area contributed by atoms with Gasteiger partial charge < -0.3 is 15.0 Å². The van der Waals surface area contributed by atoms with E-state index in [-0.39, 0.29) is 24.2 Å². The van der Waals surface area contributed by atoms with E-state index in [0.717, 1.165) is 23.4 Å². The predicted octanol–water partition coefficient (Wildman–Crippen LogP) is 3.80. The second-order valence-corrected chi connectivity index (χ2v) is 7.04. The lowest BCUT2D eigenvalue weighted by Crippen LogP contribution is -2.33. The van der Waals surface area contributed by atoms with E-state index in [0.29, 0.717) is 24.7 Å². The summed E-state index contributed by atoms with van der Waals surface area (Å²) in [5.74, 6) is 0.361. The fourth-order valence-electron chi connectivity index (χ4n) is 2.99. The number of benzene rings is 2. The van der Waals surface area contributed by atoms with Gasteiger partial charge >= 0.3 is 0 Å². The number of carbonyl (C=O) groups excluding carboxylic acids is 2. The summed E-state index contributed by atoms with van der Waals surface area (Å²) in [4.78, 5) is 26.1. The number of hydrogen-bond donors (Lipinski definition) is 1. The molecule has 1 aliphatic heterocycles. The molecule has 1 N–H and O–H groups in total. The number of halogens is 1. The Morgan fingerprint density at radius 3 is 2.56 bits per heavy atom. The van der Waals surface area contributed by atoms with Gasteiger partial charge in [-0.05, 0) is 48.4 Å². The lowest BCUT2D eigenvalue weighted by Gasteiger charge is -2.17. The minimum Gasteiger partial charge on any atom is -0.489 e. The summed E-state index contributed by atoms with van der Waals surface area (Å²) >= 11 is 5.88. The maximum Gasteiger partial charge on any atom is 0.227 e. The molecule has 1 atom stereocenters. The van der Waals surface area contributed by atoms with Gasteiger partial charge in [0, 0.05) is 30.2 Å². The van der Waals surface area contributed by atoms with E-state index in [1.807, 2.05) is 55.5 Å². The van der Waals surface area contributed by atoms with Gasteiger partial charge in [0.2, 0.25) is 11.8 Å². The average molecular weight is 387 g/mol. The maximum atomic E-state index is 12.3. The number of hydrogen-bond acceptors (Lipinski definition) is 3. The summed E-state index contributed by atoms with van der Waals surface area (Å²) in [5.41, 5.74) is 1.81. The Morgan fingerprint density at radius 2 is 1.89 bits per heavy atom. The Balaban J connectivity index is 1.57. The summed E-state index contributed by atoms with van der Waals surface area (Å²) in [6.07, 6.45) is 1.14. The number of nitrogens with one attached hydrogen (secondary N) is 1. The molecule has 0 aliphatic carbocycles. The normalized spacial score (nSPS) is 16.4. The van der Waals surface area contributed by atoms with E-state index in [9.17, 15) is 9.59 Å². The van der Waals surface area contributed by atoms with Crippen molar-refractivity contribution in [3.05, 3.63) is 59.1 Å². The Hall–Kier alpha value is -2.53. The second kappa shape index (κ2) is 8.91. The van der Waals surface area contributed by atoms with Gasteiger partial charge in [-0.15, -0.1) is 0 Å². The van der Waals surface area contributed by atoms with Crippen LogP contribution in [0.4, 0.5) is 5.69 Å². The molecule has 1 saturated heterocycles. The Bertz CT molecular complexity index is 790. The Labute approximate surface area is 164 Å². The third-order valence-corrected chi connectivity index (χ3v) is 4.76. The largest absolute Gasteiger partial charge is 0.489 e. The van der Waals surface area contributed by atoms with Crippen LogP contribution in [0.1, 0.15) is 25.3 Å². The number of nitrogens with zero attached hydrogens (tertiary/aromatic N) is 1.